The van der Waals surface area contributed by atoms with Gasteiger partial charge in [-0.05, 0) is 19.8 Å². The molecule has 0 radical (unpaired) electrons. The summed E-state index contributed by atoms with van der Waals surface area (Å²) >= 11 is 0. The fourth-order valence-electron chi connectivity index (χ4n) is 1.74. The highest BCUT2D eigenvalue weighted by Gasteiger charge is 2.40. The van der Waals surface area contributed by atoms with Crippen LogP contribution in [-0.2, 0) is 19.1 Å². The minimum absolute atomic E-state index is 0.123. The Balaban J connectivity index is 2.56. The highest BCUT2D eigenvalue weighted by atomic mass is 16.5. The fourth-order valence-corrected chi connectivity index (χ4v) is 1.74. The van der Waals surface area contributed by atoms with Crippen LogP contribution in [0.4, 0.5) is 0 Å². The molecular formula is C11H19NO5. The number of carboxylic acids is 1. The summed E-state index contributed by atoms with van der Waals surface area (Å²) in [6.45, 7) is 2.58. The first kappa shape index (κ1) is 13.9. The van der Waals surface area contributed by atoms with E-state index in [9.17, 15) is 14.7 Å². The Morgan fingerprint density at radius 2 is 2.06 bits per heavy atom. The number of methoxy groups -OCH3 is 1. The summed E-state index contributed by atoms with van der Waals surface area (Å²) in [5.74, 6) is -1.18. The van der Waals surface area contributed by atoms with Crippen molar-refractivity contribution in [3.63, 3.8) is 0 Å². The lowest BCUT2D eigenvalue weighted by Gasteiger charge is -2.33. The van der Waals surface area contributed by atoms with Crippen molar-refractivity contribution in [1.82, 2.24) is 5.32 Å². The molecule has 0 bridgehead atoms. The summed E-state index contributed by atoms with van der Waals surface area (Å²) in [5, 5.41) is 11.9. The maximum absolute atomic E-state index is 11.5. The van der Waals surface area contributed by atoms with Crippen LogP contribution in [0.5, 0.6) is 0 Å². The Hall–Kier alpha value is -1.14. The largest absolute Gasteiger partial charge is 0.481 e. The van der Waals surface area contributed by atoms with Crippen molar-refractivity contribution in [2.45, 2.75) is 25.9 Å². The van der Waals surface area contributed by atoms with Gasteiger partial charge in [-0.25, -0.2) is 0 Å². The van der Waals surface area contributed by atoms with Gasteiger partial charge in [0.2, 0.25) is 5.91 Å². The predicted molar refractivity (Wildman–Crippen MR) is 59.6 cm³/mol. The zero-order valence-electron chi connectivity index (χ0n) is 10.2. The number of rotatable bonds is 5. The summed E-state index contributed by atoms with van der Waals surface area (Å²) in [6, 6.07) is 0. The quantitative estimate of drug-likeness (QED) is 0.713. The SMILES string of the molecule is COC(C)C(=O)NCC1(C(=O)O)CCOCC1. The number of nitrogens with one attached hydrogen (secondary N) is 1. The number of ether oxygens (including phenoxy) is 2. The van der Waals surface area contributed by atoms with Crippen molar-refractivity contribution in [3.05, 3.63) is 0 Å². The average Bonchev–Trinajstić information content (AvgIpc) is 2.35. The molecule has 0 aromatic rings. The third-order valence-corrected chi connectivity index (χ3v) is 3.23. The number of carboxylic acid groups (broad SMARTS) is 1. The maximum atomic E-state index is 11.5. The van der Waals surface area contributed by atoms with Gasteiger partial charge in [0.05, 0.1) is 5.41 Å². The molecule has 2 N–H and O–H groups in total. The van der Waals surface area contributed by atoms with Crippen LogP contribution in [0.1, 0.15) is 19.8 Å². The number of carbonyl (C=O) groups is 2. The van der Waals surface area contributed by atoms with E-state index in [-0.39, 0.29) is 12.5 Å². The van der Waals surface area contributed by atoms with E-state index in [1.54, 1.807) is 6.92 Å². The molecule has 17 heavy (non-hydrogen) atoms. The number of hydrogen-bond donors (Lipinski definition) is 2. The number of hydrogen-bond acceptors (Lipinski definition) is 4. The Morgan fingerprint density at radius 1 is 1.47 bits per heavy atom. The summed E-state index contributed by atoms with van der Waals surface area (Å²) in [6.07, 6.45) is 0.272. The summed E-state index contributed by atoms with van der Waals surface area (Å²) in [5.41, 5.74) is -0.901. The molecule has 0 saturated carbocycles. The molecule has 0 spiro atoms. The topological polar surface area (TPSA) is 84.9 Å². The van der Waals surface area contributed by atoms with Crippen LogP contribution in [0.2, 0.25) is 0 Å². The number of amides is 1. The molecule has 1 rings (SSSR count). The Bertz CT molecular complexity index is 286. The third-order valence-electron chi connectivity index (χ3n) is 3.23. The van der Waals surface area contributed by atoms with Crippen molar-refractivity contribution in [3.8, 4) is 0 Å². The van der Waals surface area contributed by atoms with Crippen LogP contribution in [0.15, 0.2) is 0 Å². The maximum Gasteiger partial charge on any atom is 0.311 e. The minimum Gasteiger partial charge on any atom is -0.481 e. The van der Waals surface area contributed by atoms with E-state index in [2.05, 4.69) is 5.32 Å². The number of aliphatic carboxylic acids is 1. The Kier molecular flexibility index (Phi) is 4.89. The lowest BCUT2D eigenvalue weighted by Crippen LogP contribution is -2.48. The van der Waals surface area contributed by atoms with Crippen molar-refractivity contribution < 1.29 is 24.2 Å². The predicted octanol–water partition coefficient (Wildman–Crippen LogP) is 0.0189. The van der Waals surface area contributed by atoms with E-state index in [0.717, 1.165) is 0 Å². The first-order valence-electron chi connectivity index (χ1n) is 5.63. The highest BCUT2D eigenvalue weighted by Crippen LogP contribution is 2.30. The summed E-state index contributed by atoms with van der Waals surface area (Å²) in [7, 11) is 1.44. The van der Waals surface area contributed by atoms with Crippen molar-refractivity contribution in [1.29, 1.82) is 0 Å². The summed E-state index contributed by atoms with van der Waals surface area (Å²) < 4.78 is 10.0. The van der Waals surface area contributed by atoms with Gasteiger partial charge < -0.3 is 19.9 Å². The first-order chi connectivity index (χ1) is 8.02. The van der Waals surface area contributed by atoms with Gasteiger partial charge in [0, 0.05) is 26.9 Å². The van der Waals surface area contributed by atoms with Crippen LogP contribution >= 0.6 is 0 Å². The number of carbonyl (C=O) groups excluding carboxylic acids is 1. The minimum atomic E-state index is -0.901. The van der Waals surface area contributed by atoms with Crippen LogP contribution in [0.3, 0.4) is 0 Å². The molecule has 1 heterocycles. The molecule has 1 fully saturated rings. The zero-order valence-corrected chi connectivity index (χ0v) is 10.2. The monoisotopic (exact) mass is 245 g/mol. The molecule has 6 nitrogen and oxygen atoms in total. The third kappa shape index (κ3) is 3.41. The molecule has 98 valence electrons. The smallest absolute Gasteiger partial charge is 0.311 e. The molecule has 0 aromatic heterocycles. The average molecular weight is 245 g/mol. The van der Waals surface area contributed by atoms with E-state index < -0.39 is 17.5 Å². The Labute approximate surface area is 100 Å². The molecule has 6 heteroatoms. The molecule has 1 aliphatic rings. The molecular weight excluding hydrogens is 226 g/mol. The van der Waals surface area contributed by atoms with Crippen molar-refractivity contribution >= 4 is 11.9 Å². The standard InChI is InChI=1S/C11H19NO5/c1-8(16-2)9(13)12-7-11(10(14)15)3-5-17-6-4-11/h8H,3-7H2,1-2H3,(H,12,13)(H,14,15). The van der Waals surface area contributed by atoms with Gasteiger partial charge in [0.1, 0.15) is 6.10 Å². The lowest BCUT2D eigenvalue weighted by molar-refractivity contribution is -0.155. The normalized spacial score (nSPS) is 20.6. The second-order valence-corrected chi connectivity index (χ2v) is 4.29. The second kappa shape index (κ2) is 5.97. The second-order valence-electron chi connectivity index (χ2n) is 4.29. The molecule has 0 aromatic carbocycles. The molecule has 0 aliphatic carbocycles. The van der Waals surface area contributed by atoms with Gasteiger partial charge in [0.15, 0.2) is 0 Å². The summed E-state index contributed by atoms with van der Waals surface area (Å²) in [4.78, 5) is 22.8. The van der Waals surface area contributed by atoms with Crippen molar-refractivity contribution in [2.75, 3.05) is 26.9 Å². The van der Waals surface area contributed by atoms with Gasteiger partial charge in [-0.1, -0.05) is 0 Å². The molecule has 1 atom stereocenters. The van der Waals surface area contributed by atoms with Crippen molar-refractivity contribution in [2.24, 2.45) is 5.41 Å². The lowest BCUT2D eigenvalue weighted by atomic mass is 9.80. The Morgan fingerprint density at radius 3 is 2.53 bits per heavy atom. The van der Waals surface area contributed by atoms with E-state index >= 15 is 0 Å². The van der Waals surface area contributed by atoms with Gasteiger partial charge in [-0.15, -0.1) is 0 Å². The van der Waals surface area contributed by atoms with Crippen LogP contribution in [0, 0.1) is 5.41 Å². The molecule has 1 amide bonds. The molecule has 1 unspecified atom stereocenters. The first-order valence-corrected chi connectivity index (χ1v) is 5.63. The van der Waals surface area contributed by atoms with Crippen LogP contribution in [0.25, 0.3) is 0 Å². The van der Waals surface area contributed by atoms with E-state index in [1.807, 2.05) is 0 Å². The fraction of sp³-hybridized carbons (Fsp3) is 0.818. The van der Waals surface area contributed by atoms with Gasteiger partial charge in [0.25, 0.3) is 0 Å². The highest BCUT2D eigenvalue weighted by molar-refractivity contribution is 5.82. The van der Waals surface area contributed by atoms with E-state index in [4.69, 9.17) is 9.47 Å². The van der Waals surface area contributed by atoms with Crippen LogP contribution < -0.4 is 5.32 Å². The van der Waals surface area contributed by atoms with Gasteiger partial charge >= 0.3 is 5.97 Å². The van der Waals surface area contributed by atoms with Crippen LogP contribution in [-0.4, -0.2) is 50.0 Å². The van der Waals surface area contributed by atoms with E-state index in [1.165, 1.54) is 7.11 Å². The van der Waals surface area contributed by atoms with E-state index in [0.29, 0.717) is 26.1 Å². The van der Waals surface area contributed by atoms with Gasteiger partial charge in [-0.3, -0.25) is 9.59 Å². The molecule has 1 aliphatic heterocycles. The molecule has 1 saturated heterocycles. The zero-order chi connectivity index (χ0) is 12.9. The van der Waals surface area contributed by atoms with Gasteiger partial charge in [-0.2, -0.15) is 0 Å².